The SMILES string of the molecule is CC(CCO)N1C(=O)CC2(CCCCC2)C1=O. The molecule has 1 atom stereocenters. The van der Waals surface area contributed by atoms with Gasteiger partial charge in [-0.1, -0.05) is 19.3 Å². The highest BCUT2D eigenvalue weighted by Gasteiger charge is 2.52. The molecule has 1 aliphatic carbocycles. The van der Waals surface area contributed by atoms with Gasteiger partial charge in [0.05, 0.1) is 5.41 Å². The highest BCUT2D eigenvalue weighted by atomic mass is 16.3. The van der Waals surface area contributed by atoms with Crippen molar-refractivity contribution in [3.8, 4) is 0 Å². The smallest absolute Gasteiger partial charge is 0.236 e. The largest absolute Gasteiger partial charge is 0.396 e. The molecular formula is C13H21NO3. The average Bonchev–Trinajstić information content (AvgIpc) is 2.52. The second-order valence-corrected chi connectivity index (χ2v) is 5.45. The van der Waals surface area contributed by atoms with Gasteiger partial charge in [-0.2, -0.15) is 0 Å². The van der Waals surface area contributed by atoms with E-state index in [9.17, 15) is 9.59 Å². The van der Waals surface area contributed by atoms with E-state index in [-0.39, 0.29) is 29.9 Å². The lowest BCUT2D eigenvalue weighted by molar-refractivity contribution is -0.144. The van der Waals surface area contributed by atoms with Crippen molar-refractivity contribution in [2.24, 2.45) is 5.41 Å². The first-order valence-corrected chi connectivity index (χ1v) is 6.58. The number of nitrogens with zero attached hydrogens (tertiary/aromatic N) is 1. The zero-order chi connectivity index (χ0) is 12.5. The maximum absolute atomic E-state index is 12.4. The Morgan fingerprint density at radius 1 is 1.29 bits per heavy atom. The zero-order valence-electron chi connectivity index (χ0n) is 10.4. The van der Waals surface area contributed by atoms with E-state index in [4.69, 9.17) is 5.11 Å². The van der Waals surface area contributed by atoms with Crippen molar-refractivity contribution in [3.63, 3.8) is 0 Å². The molecule has 1 unspecified atom stereocenters. The van der Waals surface area contributed by atoms with Gasteiger partial charge in [0.1, 0.15) is 0 Å². The van der Waals surface area contributed by atoms with Crippen LogP contribution in [0, 0.1) is 5.41 Å². The Hall–Kier alpha value is -0.900. The minimum atomic E-state index is -0.390. The maximum Gasteiger partial charge on any atom is 0.236 e. The number of rotatable bonds is 3. The summed E-state index contributed by atoms with van der Waals surface area (Å²) in [7, 11) is 0. The molecular weight excluding hydrogens is 218 g/mol. The second kappa shape index (κ2) is 4.77. The maximum atomic E-state index is 12.4. The first-order chi connectivity index (χ1) is 8.10. The molecule has 0 aromatic heterocycles. The Labute approximate surface area is 102 Å². The molecule has 1 saturated carbocycles. The van der Waals surface area contributed by atoms with E-state index in [1.54, 1.807) is 0 Å². The van der Waals surface area contributed by atoms with Crippen molar-refractivity contribution in [2.75, 3.05) is 6.61 Å². The molecule has 1 heterocycles. The van der Waals surface area contributed by atoms with Crippen molar-refractivity contribution in [2.45, 2.75) is 57.9 Å². The normalized spacial score (nSPS) is 25.6. The predicted octanol–water partition coefficient (Wildman–Crippen LogP) is 1.47. The number of aliphatic hydroxyl groups is 1. The molecule has 17 heavy (non-hydrogen) atoms. The van der Waals surface area contributed by atoms with Gasteiger partial charge in [0.15, 0.2) is 0 Å². The Morgan fingerprint density at radius 2 is 1.94 bits per heavy atom. The van der Waals surface area contributed by atoms with Gasteiger partial charge >= 0.3 is 0 Å². The topological polar surface area (TPSA) is 57.6 Å². The molecule has 4 nitrogen and oxygen atoms in total. The summed E-state index contributed by atoms with van der Waals surface area (Å²) < 4.78 is 0. The zero-order valence-corrected chi connectivity index (χ0v) is 10.4. The summed E-state index contributed by atoms with van der Waals surface area (Å²) in [5.41, 5.74) is -0.390. The molecule has 2 rings (SSSR count). The summed E-state index contributed by atoms with van der Waals surface area (Å²) in [5, 5.41) is 8.92. The van der Waals surface area contributed by atoms with Gasteiger partial charge in [-0.15, -0.1) is 0 Å². The molecule has 1 aliphatic heterocycles. The second-order valence-electron chi connectivity index (χ2n) is 5.45. The van der Waals surface area contributed by atoms with Crippen LogP contribution in [0.5, 0.6) is 0 Å². The van der Waals surface area contributed by atoms with E-state index in [1.165, 1.54) is 11.3 Å². The first kappa shape index (κ1) is 12.6. The monoisotopic (exact) mass is 239 g/mol. The summed E-state index contributed by atoms with van der Waals surface area (Å²) in [6, 6.07) is -0.165. The van der Waals surface area contributed by atoms with E-state index < -0.39 is 0 Å². The van der Waals surface area contributed by atoms with Crippen LogP contribution in [0.15, 0.2) is 0 Å². The van der Waals surface area contributed by atoms with E-state index in [1.807, 2.05) is 6.92 Å². The van der Waals surface area contributed by atoms with Crippen molar-refractivity contribution in [1.29, 1.82) is 0 Å². The van der Waals surface area contributed by atoms with E-state index in [2.05, 4.69) is 0 Å². The van der Waals surface area contributed by atoms with Crippen LogP contribution < -0.4 is 0 Å². The molecule has 2 aliphatic rings. The van der Waals surface area contributed by atoms with Gasteiger partial charge in [0, 0.05) is 19.1 Å². The van der Waals surface area contributed by atoms with Crippen LogP contribution >= 0.6 is 0 Å². The third-order valence-corrected chi connectivity index (χ3v) is 4.23. The molecule has 0 aromatic rings. The van der Waals surface area contributed by atoms with Crippen LogP contribution in [-0.2, 0) is 9.59 Å². The highest BCUT2D eigenvalue weighted by molar-refractivity contribution is 6.06. The number of likely N-dealkylation sites (tertiary alicyclic amines) is 1. The molecule has 1 saturated heterocycles. The Kier molecular flexibility index (Phi) is 3.52. The first-order valence-electron chi connectivity index (χ1n) is 6.58. The number of carbonyl (C=O) groups excluding carboxylic acids is 2. The summed E-state index contributed by atoms with van der Waals surface area (Å²) >= 11 is 0. The van der Waals surface area contributed by atoms with Crippen LogP contribution in [0.2, 0.25) is 0 Å². The number of hydrogen-bond donors (Lipinski definition) is 1. The quantitative estimate of drug-likeness (QED) is 0.759. The van der Waals surface area contributed by atoms with Gasteiger partial charge in [-0.25, -0.2) is 0 Å². The molecule has 1 N–H and O–H groups in total. The third kappa shape index (κ3) is 2.10. The van der Waals surface area contributed by atoms with Crippen molar-refractivity contribution in [1.82, 2.24) is 4.90 Å². The summed E-state index contributed by atoms with van der Waals surface area (Å²) in [5.74, 6) is -0.0269. The summed E-state index contributed by atoms with van der Waals surface area (Å²) in [4.78, 5) is 25.8. The summed E-state index contributed by atoms with van der Waals surface area (Å²) in [6.07, 6.45) is 5.88. The minimum Gasteiger partial charge on any atom is -0.396 e. The molecule has 96 valence electrons. The Morgan fingerprint density at radius 3 is 2.53 bits per heavy atom. The van der Waals surface area contributed by atoms with E-state index in [0.29, 0.717) is 12.8 Å². The van der Waals surface area contributed by atoms with Gasteiger partial charge in [0.25, 0.3) is 0 Å². The fourth-order valence-electron chi connectivity index (χ4n) is 3.20. The Balaban J connectivity index is 2.15. The van der Waals surface area contributed by atoms with Crippen molar-refractivity contribution >= 4 is 11.8 Å². The standard InChI is InChI=1S/C13H21NO3/c1-10(5-8-15)14-11(16)9-13(12(14)17)6-3-2-4-7-13/h10,15H,2-9H2,1H3. The average molecular weight is 239 g/mol. The lowest BCUT2D eigenvalue weighted by atomic mass is 9.73. The molecule has 2 amide bonds. The van der Waals surface area contributed by atoms with Gasteiger partial charge < -0.3 is 5.11 Å². The Bertz CT molecular complexity index is 321. The van der Waals surface area contributed by atoms with E-state index >= 15 is 0 Å². The number of carbonyl (C=O) groups is 2. The highest BCUT2D eigenvalue weighted by Crippen LogP contribution is 2.45. The molecule has 2 fully saturated rings. The van der Waals surface area contributed by atoms with Crippen LogP contribution in [0.4, 0.5) is 0 Å². The third-order valence-electron chi connectivity index (χ3n) is 4.23. The van der Waals surface area contributed by atoms with Crippen molar-refractivity contribution in [3.05, 3.63) is 0 Å². The predicted molar refractivity (Wildman–Crippen MR) is 63.2 cm³/mol. The lowest BCUT2D eigenvalue weighted by Crippen LogP contribution is -2.42. The van der Waals surface area contributed by atoms with Crippen LogP contribution in [0.3, 0.4) is 0 Å². The molecule has 4 heteroatoms. The van der Waals surface area contributed by atoms with Crippen LogP contribution in [0.1, 0.15) is 51.9 Å². The fraction of sp³-hybridized carbons (Fsp3) is 0.846. The van der Waals surface area contributed by atoms with Crippen molar-refractivity contribution < 1.29 is 14.7 Å². The van der Waals surface area contributed by atoms with E-state index in [0.717, 1.165) is 25.7 Å². The molecule has 0 bridgehead atoms. The number of aliphatic hydroxyl groups excluding tert-OH is 1. The molecule has 0 aromatic carbocycles. The summed E-state index contributed by atoms with van der Waals surface area (Å²) in [6.45, 7) is 1.86. The number of hydrogen-bond acceptors (Lipinski definition) is 3. The fourth-order valence-corrected chi connectivity index (χ4v) is 3.20. The molecule has 0 radical (unpaired) electrons. The van der Waals surface area contributed by atoms with Gasteiger partial charge in [-0.3, -0.25) is 14.5 Å². The van der Waals surface area contributed by atoms with Gasteiger partial charge in [0.2, 0.25) is 11.8 Å². The van der Waals surface area contributed by atoms with Crippen LogP contribution in [-0.4, -0.2) is 34.5 Å². The van der Waals surface area contributed by atoms with Crippen LogP contribution in [0.25, 0.3) is 0 Å². The minimum absolute atomic E-state index is 0.0168. The number of amides is 2. The number of imide groups is 1. The lowest BCUT2D eigenvalue weighted by Gasteiger charge is -2.31. The van der Waals surface area contributed by atoms with Gasteiger partial charge in [-0.05, 0) is 26.2 Å². The molecule has 1 spiro atoms.